The van der Waals surface area contributed by atoms with Crippen molar-refractivity contribution in [3.8, 4) is 5.75 Å². The minimum absolute atomic E-state index is 0.00709. The van der Waals surface area contributed by atoms with Crippen LogP contribution in [-0.4, -0.2) is 27.8 Å². The molecule has 0 fully saturated rings. The fourth-order valence-electron chi connectivity index (χ4n) is 1.20. The summed E-state index contributed by atoms with van der Waals surface area (Å²) in [4.78, 5) is 0. The van der Waals surface area contributed by atoms with Gasteiger partial charge in [-0.2, -0.15) is 0 Å². The molecule has 0 atom stereocenters. The maximum absolute atomic E-state index is 11.7. The van der Waals surface area contributed by atoms with E-state index in [1.165, 1.54) is 7.11 Å². The Hall–Kier alpha value is -0.790. The monoisotopic (exact) mass is 322 g/mol. The van der Waals surface area contributed by atoms with Crippen LogP contribution in [-0.2, 0) is 10.0 Å². The molecule has 0 amide bonds. The van der Waals surface area contributed by atoms with Gasteiger partial charge in [0.15, 0.2) is 0 Å². The van der Waals surface area contributed by atoms with Crippen molar-refractivity contribution in [3.63, 3.8) is 0 Å². The Labute approximate surface area is 110 Å². The van der Waals surface area contributed by atoms with E-state index in [1.807, 2.05) is 0 Å². The lowest BCUT2D eigenvalue weighted by molar-refractivity contribution is 0.415. The van der Waals surface area contributed by atoms with E-state index in [-0.39, 0.29) is 5.75 Å². The zero-order valence-corrected chi connectivity index (χ0v) is 11.8. The highest BCUT2D eigenvalue weighted by Gasteiger charge is 2.12. The van der Waals surface area contributed by atoms with Crippen molar-refractivity contribution in [2.24, 2.45) is 5.73 Å². The van der Waals surface area contributed by atoms with Crippen LogP contribution in [0, 0.1) is 0 Å². The molecule has 0 saturated carbocycles. The first-order valence-corrected chi connectivity index (χ1v) is 7.47. The number of sulfonamides is 1. The van der Waals surface area contributed by atoms with E-state index < -0.39 is 10.0 Å². The third-order valence-corrected chi connectivity index (χ3v) is 4.10. The third kappa shape index (κ3) is 4.53. The first-order chi connectivity index (χ1) is 7.98. The standard InChI is InChI=1S/C10H15BrN2O3S/c1-16-8-3-4-9(11)10(7-8)13-17(14,15)6-2-5-12/h3-4,7,13H,2,5-6,12H2,1H3. The molecular weight excluding hydrogens is 308 g/mol. The molecule has 0 aliphatic rings. The van der Waals surface area contributed by atoms with Crippen LogP contribution < -0.4 is 15.2 Å². The van der Waals surface area contributed by atoms with E-state index in [1.54, 1.807) is 18.2 Å². The fraction of sp³-hybridized carbons (Fsp3) is 0.400. The molecule has 3 N–H and O–H groups in total. The van der Waals surface area contributed by atoms with Gasteiger partial charge in [-0.25, -0.2) is 8.42 Å². The largest absolute Gasteiger partial charge is 0.497 e. The highest BCUT2D eigenvalue weighted by molar-refractivity contribution is 9.10. The Kier molecular flexibility index (Phi) is 5.23. The van der Waals surface area contributed by atoms with Crippen LogP contribution in [0.3, 0.4) is 0 Å². The summed E-state index contributed by atoms with van der Waals surface area (Å²) in [5, 5.41) is 0. The van der Waals surface area contributed by atoms with E-state index in [2.05, 4.69) is 20.7 Å². The molecule has 5 nitrogen and oxygen atoms in total. The molecule has 0 aliphatic carbocycles. The quantitative estimate of drug-likeness (QED) is 0.832. The topological polar surface area (TPSA) is 81.4 Å². The van der Waals surface area contributed by atoms with Crippen molar-refractivity contribution in [3.05, 3.63) is 22.7 Å². The highest BCUT2D eigenvalue weighted by Crippen LogP contribution is 2.27. The first kappa shape index (κ1) is 14.3. The summed E-state index contributed by atoms with van der Waals surface area (Å²) in [5.74, 6) is 0.595. The molecule has 0 bridgehead atoms. The van der Waals surface area contributed by atoms with E-state index in [0.29, 0.717) is 28.9 Å². The fourth-order valence-corrected chi connectivity index (χ4v) is 2.83. The second kappa shape index (κ2) is 6.23. The van der Waals surface area contributed by atoms with Crippen molar-refractivity contribution in [1.29, 1.82) is 0 Å². The molecular formula is C10H15BrN2O3S. The normalized spacial score (nSPS) is 11.2. The minimum atomic E-state index is -3.36. The number of hydrogen-bond donors (Lipinski definition) is 2. The van der Waals surface area contributed by atoms with Gasteiger partial charge in [-0.1, -0.05) is 0 Å². The molecule has 7 heteroatoms. The van der Waals surface area contributed by atoms with Gasteiger partial charge < -0.3 is 10.5 Å². The molecule has 1 aromatic rings. The molecule has 96 valence electrons. The molecule has 1 rings (SSSR count). The summed E-state index contributed by atoms with van der Waals surface area (Å²) in [6, 6.07) is 5.07. The van der Waals surface area contributed by atoms with E-state index >= 15 is 0 Å². The number of hydrogen-bond acceptors (Lipinski definition) is 4. The van der Waals surface area contributed by atoms with Gasteiger partial charge in [0.1, 0.15) is 5.75 Å². The van der Waals surface area contributed by atoms with Crippen LogP contribution in [0.5, 0.6) is 5.75 Å². The average molecular weight is 323 g/mol. The van der Waals surface area contributed by atoms with E-state index in [9.17, 15) is 8.42 Å². The van der Waals surface area contributed by atoms with Crippen molar-refractivity contribution in [1.82, 2.24) is 0 Å². The second-order valence-corrected chi connectivity index (χ2v) is 6.11. The van der Waals surface area contributed by atoms with E-state index in [0.717, 1.165) is 0 Å². The highest BCUT2D eigenvalue weighted by atomic mass is 79.9. The number of benzene rings is 1. The number of nitrogens with two attached hydrogens (primary N) is 1. The van der Waals surface area contributed by atoms with Gasteiger partial charge in [0.2, 0.25) is 10.0 Å². The lowest BCUT2D eigenvalue weighted by Crippen LogP contribution is -2.19. The first-order valence-electron chi connectivity index (χ1n) is 5.02. The van der Waals surface area contributed by atoms with Crippen LogP contribution in [0.4, 0.5) is 5.69 Å². The minimum Gasteiger partial charge on any atom is -0.497 e. The van der Waals surface area contributed by atoms with E-state index in [4.69, 9.17) is 10.5 Å². The molecule has 0 radical (unpaired) electrons. The summed E-state index contributed by atoms with van der Waals surface area (Å²) in [6.45, 7) is 0.347. The predicted octanol–water partition coefficient (Wildman–Crippen LogP) is 1.55. The lowest BCUT2D eigenvalue weighted by atomic mass is 10.3. The zero-order valence-electron chi connectivity index (χ0n) is 9.44. The third-order valence-electron chi connectivity index (χ3n) is 2.06. The molecule has 0 saturated heterocycles. The van der Waals surface area contributed by atoms with Gasteiger partial charge in [0.25, 0.3) is 0 Å². The lowest BCUT2D eigenvalue weighted by Gasteiger charge is -2.10. The number of rotatable bonds is 6. The maximum atomic E-state index is 11.7. The molecule has 17 heavy (non-hydrogen) atoms. The van der Waals surface area contributed by atoms with Gasteiger partial charge in [-0.15, -0.1) is 0 Å². The Morgan fingerprint density at radius 3 is 2.76 bits per heavy atom. The summed E-state index contributed by atoms with van der Waals surface area (Å²) in [5.41, 5.74) is 5.74. The number of ether oxygens (including phenoxy) is 1. The van der Waals surface area contributed by atoms with Crippen molar-refractivity contribution < 1.29 is 13.2 Å². The predicted molar refractivity (Wildman–Crippen MR) is 71.8 cm³/mol. The van der Waals surface area contributed by atoms with Gasteiger partial charge in [-0.05, 0) is 41.0 Å². The number of methoxy groups -OCH3 is 1. The molecule has 0 aliphatic heterocycles. The van der Waals surface area contributed by atoms with Crippen LogP contribution in [0.15, 0.2) is 22.7 Å². The molecule has 0 unspecified atom stereocenters. The number of anilines is 1. The van der Waals surface area contributed by atoms with Crippen molar-refractivity contribution in [2.45, 2.75) is 6.42 Å². The SMILES string of the molecule is COc1ccc(Br)c(NS(=O)(=O)CCCN)c1. The van der Waals surface area contributed by atoms with Gasteiger partial charge in [-0.3, -0.25) is 4.72 Å². The molecule has 0 spiro atoms. The molecule has 0 aromatic heterocycles. The number of halogens is 1. The Bertz CT molecular complexity index is 476. The summed E-state index contributed by atoms with van der Waals surface area (Å²) < 4.78 is 31.5. The van der Waals surface area contributed by atoms with Crippen molar-refractivity contribution in [2.75, 3.05) is 24.1 Å². The Morgan fingerprint density at radius 2 is 2.18 bits per heavy atom. The van der Waals surface area contributed by atoms with Crippen LogP contribution in [0.2, 0.25) is 0 Å². The zero-order chi connectivity index (χ0) is 12.9. The summed E-state index contributed by atoms with van der Waals surface area (Å²) >= 11 is 3.27. The Balaban J connectivity index is 2.87. The summed E-state index contributed by atoms with van der Waals surface area (Å²) in [6.07, 6.45) is 0.428. The average Bonchev–Trinajstić information content (AvgIpc) is 2.29. The molecule has 1 aromatic carbocycles. The van der Waals surface area contributed by atoms with Gasteiger partial charge in [0.05, 0.1) is 18.6 Å². The Morgan fingerprint density at radius 1 is 1.47 bits per heavy atom. The van der Waals surface area contributed by atoms with Crippen LogP contribution >= 0.6 is 15.9 Å². The van der Waals surface area contributed by atoms with Crippen LogP contribution in [0.25, 0.3) is 0 Å². The van der Waals surface area contributed by atoms with Crippen LogP contribution in [0.1, 0.15) is 6.42 Å². The number of nitrogens with one attached hydrogen (secondary N) is 1. The molecule has 0 heterocycles. The smallest absolute Gasteiger partial charge is 0.232 e. The maximum Gasteiger partial charge on any atom is 0.232 e. The van der Waals surface area contributed by atoms with Gasteiger partial charge in [0, 0.05) is 10.5 Å². The van der Waals surface area contributed by atoms with Gasteiger partial charge >= 0.3 is 0 Å². The summed E-state index contributed by atoms with van der Waals surface area (Å²) in [7, 11) is -1.84. The second-order valence-electron chi connectivity index (χ2n) is 3.41. The van der Waals surface area contributed by atoms with Crippen molar-refractivity contribution >= 4 is 31.6 Å².